The molecule has 1 aromatic heterocycles. The fourth-order valence-electron chi connectivity index (χ4n) is 1.63. The molecule has 0 radical (unpaired) electrons. The van der Waals surface area contributed by atoms with Crippen molar-refractivity contribution in [1.82, 2.24) is 9.97 Å². The van der Waals surface area contributed by atoms with Crippen molar-refractivity contribution in [3.8, 4) is 0 Å². The van der Waals surface area contributed by atoms with E-state index in [4.69, 9.17) is 5.84 Å². The highest BCUT2D eigenvalue weighted by atomic mass is 32.2. The van der Waals surface area contributed by atoms with E-state index in [9.17, 15) is 0 Å². The summed E-state index contributed by atoms with van der Waals surface area (Å²) in [7, 11) is 0. The number of hydrogen-bond acceptors (Lipinski definition) is 5. The van der Waals surface area contributed by atoms with Gasteiger partial charge in [-0.3, -0.25) is 5.43 Å². The van der Waals surface area contributed by atoms with Crippen LogP contribution in [0.2, 0.25) is 0 Å². The van der Waals surface area contributed by atoms with E-state index in [-0.39, 0.29) is 0 Å². The Labute approximate surface area is 117 Å². The van der Waals surface area contributed by atoms with Crippen LogP contribution in [-0.2, 0) is 0 Å². The van der Waals surface area contributed by atoms with Crippen LogP contribution >= 0.6 is 11.8 Å². The number of nitrogens with two attached hydrogens (primary N) is 1. The molecule has 0 spiro atoms. The minimum atomic E-state index is 0.437. The summed E-state index contributed by atoms with van der Waals surface area (Å²) < 4.78 is 0. The Hall–Kier alpha value is -1.59. The summed E-state index contributed by atoms with van der Waals surface area (Å²) in [5.41, 5.74) is 4.85. The van der Waals surface area contributed by atoms with Gasteiger partial charge in [-0.15, -0.1) is 0 Å². The van der Waals surface area contributed by atoms with Crippen LogP contribution in [0.25, 0.3) is 0 Å². The van der Waals surface area contributed by atoms with Crippen molar-refractivity contribution in [1.29, 1.82) is 0 Å². The predicted octanol–water partition coefficient (Wildman–Crippen LogP) is 3.35. The average Bonchev–Trinajstić information content (AvgIpc) is 2.42. The second-order valence-corrected chi connectivity index (χ2v) is 5.71. The Bertz CT molecular complexity index is 552. The lowest BCUT2D eigenvalue weighted by atomic mass is 10.0. The molecule has 0 saturated heterocycles. The molecule has 19 heavy (non-hydrogen) atoms. The van der Waals surface area contributed by atoms with E-state index < -0.39 is 0 Å². The lowest BCUT2D eigenvalue weighted by Gasteiger charge is -2.08. The van der Waals surface area contributed by atoms with E-state index in [1.54, 1.807) is 18.0 Å². The first-order chi connectivity index (χ1) is 9.10. The summed E-state index contributed by atoms with van der Waals surface area (Å²) in [4.78, 5) is 9.60. The number of anilines is 1. The largest absolute Gasteiger partial charge is 0.292 e. The van der Waals surface area contributed by atoms with Gasteiger partial charge in [0.1, 0.15) is 5.03 Å². The first-order valence-electron chi connectivity index (χ1n) is 6.18. The van der Waals surface area contributed by atoms with E-state index in [0.717, 1.165) is 15.5 Å². The van der Waals surface area contributed by atoms with Crippen LogP contribution in [0.15, 0.2) is 40.4 Å². The smallest absolute Gasteiger partial charge is 0.238 e. The van der Waals surface area contributed by atoms with Gasteiger partial charge in [0, 0.05) is 16.7 Å². The van der Waals surface area contributed by atoms with Gasteiger partial charge in [-0.1, -0.05) is 37.7 Å². The minimum Gasteiger partial charge on any atom is -0.292 e. The third-order valence-corrected chi connectivity index (χ3v) is 3.93. The number of hydrazine groups is 1. The molecule has 0 aliphatic heterocycles. The van der Waals surface area contributed by atoms with Crippen molar-refractivity contribution in [2.45, 2.75) is 36.6 Å². The lowest BCUT2D eigenvalue weighted by molar-refractivity contribution is 0.865. The third-order valence-electron chi connectivity index (χ3n) is 2.82. The van der Waals surface area contributed by atoms with Crippen molar-refractivity contribution in [3.63, 3.8) is 0 Å². The minimum absolute atomic E-state index is 0.437. The molecular weight excluding hydrogens is 256 g/mol. The summed E-state index contributed by atoms with van der Waals surface area (Å²) in [6.45, 7) is 6.37. The fraction of sp³-hybridized carbons (Fsp3) is 0.286. The normalized spacial score (nSPS) is 10.8. The predicted molar refractivity (Wildman–Crippen MR) is 79.2 cm³/mol. The number of nitrogens with zero attached hydrogens (tertiary/aromatic N) is 2. The summed E-state index contributed by atoms with van der Waals surface area (Å²) in [6.07, 6.45) is 1.77. The number of aromatic nitrogens is 2. The molecule has 0 aliphatic carbocycles. The van der Waals surface area contributed by atoms with E-state index in [0.29, 0.717) is 11.9 Å². The lowest BCUT2D eigenvalue weighted by Crippen LogP contribution is -2.10. The van der Waals surface area contributed by atoms with Gasteiger partial charge in [0.05, 0.1) is 0 Å². The van der Waals surface area contributed by atoms with Gasteiger partial charge in [-0.25, -0.2) is 15.8 Å². The van der Waals surface area contributed by atoms with E-state index in [1.807, 2.05) is 6.92 Å². The van der Waals surface area contributed by atoms with Crippen LogP contribution in [0.5, 0.6) is 0 Å². The van der Waals surface area contributed by atoms with Crippen molar-refractivity contribution < 1.29 is 0 Å². The standard InChI is InChI=1S/C14H18N4S/c1-9(2)11-4-6-12(7-5-11)19-13-10(3)8-16-14(17-13)18-15/h4-9H,15H2,1-3H3,(H,16,17,18). The zero-order valence-electron chi connectivity index (χ0n) is 11.3. The van der Waals surface area contributed by atoms with Gasteiger partial charge >= 0.3 is 0 Å². The Morgan fingerprint density at radius 1 is 1.21 bits per heavy atom. The number of aryl methyl sites for hydroxylation is 1. The van der Waals surface area contributed by atoms with Crippen LogP contribution in [0.1, 0.15) is 30.9 Å². The molecule has 4 nitrogen and oxygen atoms in total. The van der Waals surface area contributed by atoms with Crippen LogP contribution in [0, 0.1) is 6.92 Å². The monoisotopic (exact) mass is 274 g/mol. The highest BCUT2D eigenvalue weighted by Gasteiger charge is 2.06. The van der Waals surface area contributed by atoms with Crippen LogP contribution in [0.3, 0.4) is 0 Å². The Kier molecular flexibility index (Phi) is 4.39. The van der Waals surface area contributed by atoms with Crippen molar-refractivity contribution >= 4 is 17.7 Å². The molecule has 0 amide bonds. The molecule has 2 aromatic rings. The van der Waals surface area contributed by atoms with Gasteiger partial charge in [0.2, 0.25) is 5.95 Å². The van der Waals surface area contributed by atoms with E-state index >= 15 is 0 Å². The van der Waals surface area contributed by atoms with Gasteiger partial charge in [0.15, 0.2) is 0 Å². The molecule has 0 bridgehead atoms. The van der Waals surface area contributed by atoms with Crippen LogP contribution < -0.4 is 11.3 Å². The second-order valence-electron chi connectivity index (χ2n) is 4.65. The van der Waals surface area contributed by atoms with Gasteiger partial charge < -0.3 is 0 Å². The molecule has 0 fully saturated rings. The zero-order valence-corrected chi connectivity index (χ0v) is 12.2. The molecule has 0 unspecified atom stereocenters. The highest BCUT2D eigenvalue weighted by molar-refractivity contribution is 7.99. The van der Waals surface area contributed by atoms with E-state index in [1.165, 1.54) is 5.56 Å². The maximum Gasteiger partial charge on any atom is 0.238 e. The van der Waals surface area contributed by atoms with Crippen LogP contribution in [0.4, 0.5) is 5.95 Å². The molecule has 1 heterocycles. The number of benzene rings is 1. The maximum atomic E-state index is 5.33. The van der Waals surface area contributed by atoms with Gasteiger partial charge in [-0.2, -0.15) is 0 Å². The topological polar surface area (TPSA) is 63.8 Å². The first kappa shape index (κ1) is 13.8. The molecule has 0 atom stereocenters. The highest BCUT2D eigenvalue weighted by Crippen LogP contribution is 2.29. The molecule has 0 aliphatic rings. The molecule has 5 heteroatoms. The number of rotatable bonds is 4. The summed E-state index contributed by atoms with van der Waals surface area (Å²) in [5.74, 6) is 6.32. The Morgan fingerprint density at radius 2 is 1.89 bits per heavy atom. The molecule has 2 rings (SSSR count). The average molecular weight is 274 g/mol. The van der Waals surface area contributed by atoms with Crippen LogP contribution in [-0.4, -0.2) is 9.97 Å². The quantitative estimate of drug-likeness (QED) is 0.508. The Balaban J connectivity index is 2.20. The maximum absolute atomic E-state index is 5.33. The number of nitrogens with one attached hydrogen (secondary N) is 1. The van der Waals surface area contributed by atoms with Gasteiger partial charge in [0.25, 0.3) is 0 Å². The molecule has 0 saturated carbocycles. The van der Waals surface area contributed by atoms with Crippen molar-refractivity contribution in [3.05, 3.63) is 41.6 Å². The second kappa shape index (κ2) is 6.04. The van der Waals surface area contributed by atoms with Crippen molar-refractivity contribution in [2.24, 2.45) is 5.84 Å². The molecular formula is C14H18N4S. The molecule has 1 aromatic carbocycles. The molecule has 100 valence electrons. The van der Waals surface area contributed by atoms with Crippen molar-refractivity contribution in [2.75, 3.05) is 5.43 Å². The fourth-order valence-corrected chi connectivity index (χ4v) is 2.47. The molecule has 3 N–H and O–H groups in total. The Morgan fingerprint density at radius 3 is 2.47 bits per heavy atom. The first-order valence-corrected chi connectivity index (χ1v) is 7.00. The zero-order chi connectivity index (χ0) is 13.8. The number of hydrogen-bond donors (Lipinski definition) is 2. The van der Waals surface area contributed by atoms with E-state index in [2.05, 4.69) is 53.5 Å². The summed E-state index contributed by atoms with van der Waals surface area (Å²) >= 11 is 1.62. The third kappa shape index (κ3) is 3.45. The summed E-state index contributed by atoms with van der Waals surface area (Å²) in [5, 5.41) is 0.917. The number of nitrogen functional groups attached to an aromatic ring is 1. The summed E-state index contributed by atoms with van der Waals surface area (Å²) in [6, 6.07) is 8.56. The SMILES string of the molecule is Cc1cnc(NN)nc1Sc1ccc(C(C)C)cc1. The van der Waals surface area contributed by atoms with Gasteiger partial charge in [-0.05, 0) is 30.5 Å².